The minimum absolute atomic E-state index is 0.0243. The van der Waals surface area contributed by atoms with Crippen LogP contribution in [0, 0.1) is 13.8 Å². The molecule has 4 rings (SSSR count). The summed E-state index contributed by atoms with van der Waals surface area (Å²) >= 11 is 0. The number of benzene rings is 4. The molecular weight excluding hydrogens is 524 g/mol. The molecule has 4 aromatic rings. The Morgan fingerprint density at radius 1 is 0.659 bits per heavy atom. The molecular formula is C32H32N2O7. The van der Waals surface area contributed by atoms with Crippen molar-refractivity contribution in [3.63, 3.8) is 0 Å². The van der Waals surface area contributed by atoms with Gasteiger partial charge in [-0.3, -0.25) is 4.79 Å². The summed E-state index contributed by atoms with van der Waals surface area (Å²) in [6.45, 7) is 4.01. The maximum Gasteiger partial charge on any atom is 0.328 e. The Balaban J connectivity index is 0.000000239. The van der Waals surface area contributed by atoms with Gasteiger partial charge >= 0.3 is 5.97 Å². The molecule has 9 nitrogen and oxygen atoms in total. The van der Waals surface area contributed by atoms with Crippen molar-refractivity contribution in [3.8, 4) is 23.0 Å². The monoisotopic (exact) mass is 556 g/mol. The van der Waals surface area contributed by atoms with E-state index in [4.69, 9.17) is 21.1 Å². The van der Waals surface area contributed by atoms with Crippen molar-refractivity contribution in [2.75, 3.05) is 11.1 Å². The molecule has 0 spiro atoms. The molecule has 0 aliphatic heterocycles. The first kappa shape index (κ1) is 31.5. The minimum Gasteiger partial charge on any atom is -0.508 e. The Morgan fingerprint density at radius 2 is 1.10 bits per heavy atom. The van der Waals surface area contributed by atoms with Crippen LogP contribution in [0.1, 0.15) is 22.3 Å². The molecule has 8 N–H and O–H groups in total. The highest BCUT2D eigenvalue weighted by Gasteiger charge is 2.01. The summed E-state index contributed by atoms with van der Waals surface area (Å²) in [6.07, 6.45) is 4.97. The maximum absolute atomic E-state index is 11.7. The third kappa shape index (κ3) is 12.1. The molecule has 41 heavy (non-hydrogen) atoms. The number of aromatic hydroxyl groups is 4. The van der Waals surface area contributed by atoms with E-state index in [1.165, 1.54) is 54.1 Å². The average molecular weight is 557 g/mol. The number of anilines is 2. The van der Waals surface area contributed by atoms with Crippen LogP contribution in [0.5, 0.6) is 23.0 Å². The fourth-order valence-corrected chi connectivity index (χ4v) is 3.06. The summed E-state index contributed by atoms with van der Waals surface area (Å²) < 4.78 is 0. The number of amides is 1. The van der Waals surface area contributed by atoms with Crippen LogP contribution in [-0.2, 0) is 9.59 Å². The van der Waals surface area contributed by atoms with E-state index < -0.39 is 5.97 Å². The van der Waals surface area contributed by atoms with Crippen LogP contribution in [0.25, 0.3) is 12.2 Å². The van der Waals surface area contributed by atoms with Gasteiger partial charge in [0.25, 0.3) is 0 Å². The van der Waals surface area contributed by atoms with Gasteiger partial charge in [-0.2, -0.15) is 0 Å². The highest BCUT2D eigenvalue weighted by atomic mass is 16.4. The molecule has 0 heterocycles. The van der Waals surface area contributed by atoms with Crippen LogP contribution in [0.2, 0.25) is 0 Å². The van der Waals surface area contributed by atoms with Crippen molar-refractivity contribution in [2.45, 2.75) is 13.8 Å². The summed E-state index contributed by atoms with van der Waals surface area (Å²) in [5.74, 6) is -1.70. The topological polar surface area (TPSA) is 173 Å². The van der Waals surface area contributed by atoms with Gasteiger partial charge in [-0.15, -0.1) is 0 Å². The second kappa shape index (κ2) is 15.6. The van der Waals surface area contributed by atoms with E-state index >= 15 is 0 Å². The lowest BCUT2D eigenvalue weighted by Gasteiger charge is -2.03. The lowest BCUT2D eigenvalue weighted by molar-refractivity contribution is -0.131. The zero-order chi connectivity index (χ0) is 30.4. The summed E-state index contributed by atoms with van der Waals surface area (Å²) in [7, 11) is 0. The average Bonchev–Trinajstić information content (AvgIpc) is 2.91. The van der Waals surface area contributed by atoms with Gasteiger partial charge in [0.05, 0.1) is 0 Å². The number of carboxylic acids is 1. The third-order valence-electron chi connectivity index (χ3n) is 5.24. The summed E-state index contributed by atoms with van der Waals surface area (Å²) in [5.41, 5.74) is 10.1. The SMILES string of the molecule is Cc1ccc(N)cc1.Cc1ccc(NC(=O)/C=C/c2ccc(O)cc2O)cc1.O=C(O)/C=C/c1ccc(O)cc1O. The van der Waals surface area contributed by atoms with Gasteiger partial charge in [0.1, 0.15) is 23.0 Å². The van der Waals surface area contributed by atoms with Crippen LogP contribution < -0.4 is 11.1 Å². The molecule has 0 saturated carbocycles. The lowest BCUT2D eigenvalue weighted by atomic mass is 10.1. The molecule has 0 unspecified atom stereocenters. The number of rotatable bonds is 5. The predicted octanol–water partition coefficient (Wildman–Crippen LogP) is 5.83. The van der Waals surface area contributed by atoms with Crippen molar-refractivity contribution >= 4 is 35.4 Å². The fourth-order valence-electron chi connectivity index (χ4n) is 3.06. The van der Waals surface area contributed by atoms with Crippen molar-refractivity contribution < 1.29 is 35.1 Å². The number of carbonyl (C=O) groups excluding carboxylic acids is 1. The first-order chi connectivity index (χ1) is 19.4. The first-order valence-corrected chi connectivity index (χ1v) is 12.3. The molecule has 212 valence electrons. The normalized spacial score (nSPS) is 10.3. The smallest absolute Gasteiger partial charge is 0.328 e. The number of nitrogen functional groups attached to an aromatic ring is 1. The molecule has 0 bridgehead atoms. The van der Waals surface area contributed by atoms with Crippen LogP contribution in [-0.4, -0.2) is 37.4 Å². The first-order valence-electron chi connectivity index (χ1n) is 12.3. The number of hydrogen-bond donors (Lipinski definition) is 7. The molecule has 9 heteroatoms. The number of nitrogens with one attached hydrogen (secondary N) is 1. The molecule has 0 aliphatic rings. The maximum atomic E-state index is 11.7. The van der Waals surface area contributed by atoms with E-state index in [2.05, 4.69) is 5.32 Å². The number of aryl methyl sites for hydroxylation is 2. The highest BCUT2D eigenvalue weighted by Crippen LogP contribution is 2.24. The van der Waals surface area contributed by atoms with Crippen LogP contribution in [0.15, 0.2) is 97.1 Å². The Bertz CT molecular complexity index is 1490. The molecule has 0 aliphatic carbocycles. The number of carbonyl (C=O) groups is 2. The van der Waals surface area contributed by atoms with Crippen LogP contribution in [0.3, 0.4) is 0 Å². The van der Waals surface area contributed by atoms with E-state index in [0.29, 0.717) is 16.8 Å². The molecule has 1 amide bonds. The number of hydrogen-bond acceptors (Lipinski definition) is 7. The van der Waals surface area contributed by atoms with Crippen molar-refractivity contribution in [3.05, 3.63) is 119 Å². The third-order valence-corrected chi connectivity index (χ3v) is 5.24. The molecule has 0 atom stereocenters. The second-order valence-corrected chi connectivity index (χ2v) is 8.76. The van der Waals surface area contributed by atoms with Crippen molar-refractivity contribution in [1.29, 1.82) is 0 Å². The predicted molar refractivity (Wildman–Crippen MR) is 161 cm³/mol. The number of carboxylic acid groups (broad SMARTS) is 1. The quantitative estimate of drug-likeness (QED) is 0.119. The minimum atomic E-state index is -1.09. The fraction of sp³-hybridized carbons (Fsp3) is 0.0625. The van der Waals surface area contributed by atoms with E-state index in [9.17, 15) is 19.8 Å². The van der Waals surface area contributed by atoms with Gasteiger partial charge in [-0.25, -0.2) is 4.79 Å². The number of phenolic OH excluding ortho intramolecular Hbond substituents is 4. The van der Waals surface area contributed by atoms with Crippen LogP contribution in [0.4, 0.5) is 11.4 Å². The Kier molecular flexibility index (Phi) is 12.0. The van der Waals surface area contributed by atoms with Gasteiger partial charge in [0.2, 0.25) is 5.91 Å². The Morgan fingerprint density at radius 3 is 1.51 bits per heavy atom. The molecule has 0 radical (unpaired) electrons. The largest absolute Gasteiger partial charge is 0.508 e. The van der Waals surface area contributed by atoms with Gasteiger partial charge < -0.3 is 36.6 Å². The van der Waals surface area contributed by atoms with Crippen LogP contribution >= 0.6 is 0 Å². The van der Waals surface area contributed by atoms with Gasteiger partial charge in [-0.05, 0) is 74.5 Å². The molecule has 4 aromatic carbocycles. The van der Waals surface area contributed by atoms with Gasteiger partial charge in [0, 0.05) is 46.8 Å². The molecule has 0 fully saturated rings. The molecule has 0 aromatic heterocycles. The lowest BCUT2D eigenvalue weighted by Crippen LogP contribution is -2.07. The summed E-state index contributed by atoms with van der Waals surface area (Å²) in [6, 6.07) is 23.4. The zero-order valence-electron chi connectivity index (χ0n) is 22.5. The zero-order valence-corrected chi connectivity index (χ0v) is 22.5. The van der Waals surface area contributed by atoms with Crippen molar-refractivity contribution in [2.24, 2.45) is 0 Å². The molecule has 0 saturated heterocycles. The van der Waals surface area contributed by atoms with E-state index in [-0.39, 0.29) is 28.9 Å². The summed E-state index contributed by atoms with van der Waals surface area (Å²) in [4.78, 5) is 21.9. The summed E-state index contributed by atoms with van der Waals surface area (Å²) in [5, 5.41) is 47.9. The highest BCUT2D eigenvalue weighted by molar-refractivity contribution is 6.02. The Labute approximate surface area is 237 Å². The van der Waals surface area contributed by atoms with Gasteiger partial charge in [-0.1, -0.05) is 35.4 Å². The van der Waals surface area contributed by atoms with Gasteiger partial charge in [0.15, 0.2) is 0 Å². The number of nitrogens with two attached hydrogens (primary N) is 1. The second-order valence-electron chi connectivity index (χ2n) is 8.76. The Hall–Kier alpha value is -5.70. The van der Waals surface area contributed by atoms with E-state index in [1.54, 1.807) is 0 Å². The standard InChI is InChI=1S/C16H15NO3.C9H8O4.C7H9N/c1-11-2-6-13(7-3-11)17-16(20)9-5-12-4-8-14(18)10-15(12)19;10-7-3-1-6(8(11)5-7)2-4-9(12)13;1-6-2-4-7(8)5-3-6/h2-10,18-19H,1H3,(H,17,20);1-5,10-11H,(H,12,13);2-5H,8H2,1H3/b9-5+;4-2+;. The van der Waals surface area contributed by atoms with Crippen molar-refractivity contribution in [1.82, 2.24) is 0 Å². The number of phenols is 4. The van der Waals surface area contributed by atoms with E-state index in [1.807, 2.05) is 62.4 Å². The number of aliphatic carboxylic acids is 1. The van der Waals surface area contributed by atoms with E-state index in [0.717, 1.165) is 23.4 Å².